The minimum absolute atomic E-state index is 0.703. The van der Waals surface area contributed by atoms with Gasteiger partial charge < -0.3 is 4.74 Å². The molecule has 0 aliphatic carbocycles. The number of ether oxygens (including phenoxy) is 1. The fourth-order valence-electron chi connectivity index (χ4n) is 1.08. The summed E-state index contributed by atoms with van der Waals surface area (Å²) in [6, 6.07) is 8.28. The molecule has 0 fully saturated rings. The van der Waals surface area contributed by atoms with Gasteiger partial charge in [0, 0.05) is 9.75 Å². The highest BCUT2D eigenvalue weighted by Gasteiger charge is 1.98. The van der Waals surface area contributed by atoms with Gasteiger partial charge in [-0.3, -0.25) is 0 Å². The van der Waals surface area contributed by atoms with E-state index < -0.39 is 0 Å². The Bertz CT molecular complexity index is 380. The first-order chi connectivity index (χ1) is 6.84. The van der Waals surface area contributed by atoms with Crippen LogP contribution in [0.2, 0.25) is 0 Å². The minimum atomic E-state index is 0.703. The van der Waals surface area contributed by atoms with Crippen molar-refractivity contribution in [1.82, 2.24) is 0 Å². The van der Waals surface area contributed by atoms with Crippen molar-refractivity contribution < 1.29 is 4.74 Å². The van der Waals surface area contributed by atoms with E-state index in [1.807, 2.05) is 6.07 Å². The van der Waals surface area contributed by atoms with Gasteiger partial charge in [0.1, 0.15) is 0 Å². The summed E-state index contributed by atoms with van der Waals surface area (Å²) in [5, 5.41) is 2.07. The Labute approximate surface area is 99.5 Å². The van der Waals surface area contributed by atoms with E-state index in [2.05, 4.69) is 39.5 Å². The number of thiophene rings is 2. The van der Waals surface area contributed by atoms with Gasteiger partial charge in [-0.1, -0.05) is 6.07 Å². The fourth-order valence-corrected chi connectivity index (χ4v) is 3.14. The van der Waals surface area contributed by atoms with Crippen LogP contribution in [-0.2, 0) is 18.0 Å². The summed E-state index contributed by atoms with van der Waals surface area (Å²) in [5.74, 6) is 0. The van der Waals surface area contributed by atoms with Crippen LogP contribution in [0.4, 0.5) is 0 Å². The Kier molecular flexibility index (Phi) is 3.75. The average Bonchev–Trinajstić information content (AvgIpc) is 2.77. The average molecular weight is 289 g/mol. The van der Waals surface area contributed by atoms with Gasteiger partial charge >= 0.3 is 0 Å². The van der Waals surface area contributed by atoms with E-state index in [0.717, 1.165) is 3.79 Å². The highest BCUT2D eigenvalue weighted by molar-refractivity contribution is 9.11. The highest BCUT2D eigenvalue weighted by Crippen LogP contribution is 2.23. The van der Waals surface area contributed by atoms with Crippen LogP contribution in [0.1, 0.15) is 9.75 Å². The number of halogens is 1. The molecule has 0 saturated heterocycles. The molecule has 74 valence electrons. The van der Waals surface area contributed by atoms with Crippen molar-refractivity contribution in [2.75, 3.05) is 0 Å². The Balaban J connectivity index is 1.78. The fraction of sp³-hybridized carbons (Fsp3) is 0.200. The van der Waals surface area contributed by atoms with Gasteiger partial charge in [-0.2, -0.15) is 0 Å². The molecule has 2 rings (SSSR count). The molecule has 0 amide bonds. The van der Waals surface area contributed by atoms with Crippen molar-refractivity contribution >= 4 is 38.6 Å². The van der Waals surface area contributed by atoms with Crippen molar-refractivity contribution in [2.24, 2.45) is 0 Å². The quantitative estimate of drug-likeness (QED) is 0.816. The zero-order chi connectivity index (χ0) is 9.80. The van der Waals surface area contributed by atoms with Crippen LogP contribution < -0.4 is 0 Å². The summed E-state index contributed by atoms with van der Waals surface area (Å²) in [6.45, 7) is 1.42. The second-order valence-corrected chi connectivity index (χ2v) is 6.36. The summed E-state index contributed by atoms with van der Waals surface area (Å²) in [7, 11) is 0. The third kappa shape index (κ3) is 2.92. The first-order valence-electron chi connectivity index (χ1n) is 4.19. The van der Waals surface area contributed by atoms with Gasteiger partial charge in [-0.25, -0.2) is 0 Å². The molecule has 2 heterocycles. The number of rotatable bonds is 4. The third-order valence-corrected chi connectivity index (χ3v) is 4.14. The largest absolute Gasteiger partial charge is 0.370 e. The molecule has 1 nitrogen and oxygen atoms in total. The molecule has 0 bridgehead atoms. The summed E-state index contributed by atoms with van der Waals surface area (Å²) < 4.78 is 6.74. The van der Waals surface area contributed by atoms with Crippen LogP contribution in [0.3, 0.4) is 0 Å². The van der Waals surface area contributed by atoms with E-state index in [1.165, 1.54) is 9.75 Å². The second-order valence-electron chi connectivity index (χ2n) is 2.78. The zero-order valence-electron chi connectivity index (χ0n) is 7.40. The highest BCUT2D eigenvalue weighted by atomic mass is 79.9. The molecule has 2 aromatic rings. The normalized spacial score (nSPS) is 10.6. The van der Waals surface area contributed by atoms with Crippen LogP contribution in [0.25, 0.3) is 0 Å². The monoisotopic (exact) mass is 288 g/mol. The van der Waals surface area contributed by atoms with Gasteiger partial charge in [0.2, 0.25) is 0 Å². The lowest BCUT2D eigenvalue weighted by Gasteiger charge is -1.99. The molecule has 4 heteroatoms. The summed E-state index contributed by atoms with van der Waals surface area (Å²) in [4.78, 5) is 2.54. The maximum Gasteiger partial charge on any atom is 0.0814 e. The van der Waals surface area contributed by atoms with Crippen molar-refractivity contribution in [3.05, 3.63) is 43.2 Å². The molecule has 0 radical (unpaired) electrons. The Morgan fingerprint density at radius 1 is 1.14 bits per heavy atom. The number of hydrogen-bond donors (Lipinski definition) is 0. The van der Waals surface area contributed by atoms with Crippen molar-refractivity contribution in [3.63, 3.8) is 0 Å². The lowest BCUT2D eigenvalue weighted by molar-refractivity contribution is 0.111. The predicted octanol–water partition coefficient (Wildman–Crippen LogP) is 4.29. The van der Waals surface area contributed by atoms with Gasteiger partial charge in [0.05, 0.1) is 17.0 Å². The van der Waals surface area contributed by atoms with E-state index in [1.54, 1.807) is 22.7 Å². The molecule has 0 unspecified atom stereocenters. The minimum Gasteiger partial charge on any atom is -0.370 e. The Hall–Kier alpha value is -0.160. The second kappa shape index (κ2) is 5.07. The van der Waals surface area contributed by atoms with Crippen molar-refractivity contribution in [3.8, 4) is 0 Å². The van der Waals surface area contributed by atoms with Crippen LogP contribution in [0, 0.1) is 0 Å². The van der Waals surface area contributed by atoms with E-state index in [0.29, 0.717) is 13.2 Å². The maximum absolute atomic E-state index is 5.58. The first kappa shape index (κ1) is 10.4. The van der Waals surface area contributed by atoms with E-state index in [-0.39, 0.29) is 0 Å². The van der Waals surface area contributed by atoms with Gasteiger partial charge in [-0.15, -0.1) is 22.7 Å². The van der Waals surface area contributed by atoms with E-state index >= 15 is 0 Å². The Morgan fingerprint density at radius 2 is 2.00 bits per heavy atom. The van der Waals surface area contributed by atoms with Crippen LogP contribution in [0.5, 0.6) is 0 Å². The van der Waals surface area contributed by atoms with E-state index in [4.69, 9.17) is 4.74 Å². The van der Waals surface area contributed by atoms with Crippen LogP contribution >= 0.6 is 38.6 Å². The zero-order valence-corrected chi connectivity index (χ0v) is 10.6. The third-order valence-electron chi connectivity index (χ3n) is 1.70. The smallest absolute Gasteiger partial charge is 0.0814 e. The Morgan fingerprint density at radius 3 is 2.64 bits per heavy atom. The maximum atomic E-state index is 5.58. The van der Waals surface area contributed by atoms with Crippen LogP contribution in [-0.4, -0.2) is 0 Å². The molecule has 2 aromatic heterocycles. The first-order valence-corrected chi connectivity index (χ1v) is 6.68. The molecule has 14 heavy (non-hydrogen) atoms. The topological polar surface area (TPSA) is 9.23 Å². The number of hydrogen-bond acceptors (Lipinski definition) is 3. The van der Waals surface area contributed by atoms with Gasteiger partial charge in [0.25, 0.3) is 0 Å². The van der Waals surface area contributed by atoms with Gasteiger partial charge in [-0.05, 0) is 39.5 Å². The molecular formula is C10H9BrOS2. The molecular weight excluding hydrogens is 280 g/mol. The predicted molar refractivity (Wildman–Crippen MR) is 64.8 cm³/mol. The molecule has 0 atom stereocenters. The molecule has 0 spiro atoms. The molecule has 0 aromatic carbocycles. The van der Waals surface area contributed by atoms with E-state index in [9.17, 15) is 0 Å². The standard InChI is InChI=1S/C10H9BrOS2/c11-10-4-3-9(14-10)7-12-6-8-2-1-5-13-8/h1-5H,6-7H2. The summed E-state index contributed by atoms with van der Waals surface area (Å²) in [6.07, 6.45) is 0. The molecule has 0 N–H and O–H groups in total. The lowest BCUT2D eigenvalue weighted by atomic mass is 10.5. The van der Waals surface area contributed by atoms with Crippen molar-refractivity contribution in [1.29, 1.82) is 0 Å². The molecule has 0 aliphatic rings. The van der Waals surface area contributed by atoms with Crippen LogP contribution in [0.15, 0.2) is 33.4 Å². The molecule has 0 saturated carbocycles. The summed E-state index contributed by atoms with van der Waals surface area (Å²) in [5.41, 5.74) is 0. The SMILES string of the molecule is Brc1ccc(COCc2cccs2)s1. The summed E-state index contributed by atoms with van der Waals surface area (Å²) >= 11 is 6.88. The van der Waals surface area contributed by atoms with Gasteiger partial charge in [0.15, 0.2) is 0 Å². The van der Waals surface area contributed by atoms with Crippen molar-refractivity contribution in [2.45, 2.75) is 13.2 Å². The molecule has 0 aliphatic heterocycles. The lowest BCUT2D eigenvalue weighted by Crippen LogP contribution is -1.89.